The second-order valence-electron chi connectivity index (χ2n) is 6.16. The number of anilines is 1. The quantitative estimate of drug-likeness (QED) is 0.840. The highest BCUT2D eigenvalue weighted by Gasteiger charge is 2.35. The van der Waals surface area contributed by atoms with Crippen LogP contribution in [0.3, 0.4) is 0 Å². The van der Waals surface area contributed by atoms with E-state index < -0.39 is 0 Å². The summed E-state index contributed by atoms with van der Waals surface area (Å²) in [6.45, 7) is 2.84. The molecular formula is C16H25N3O2. The highest BCUT2D eigenvalue weighted by atomic mass is 16.3. The predicted octanol–water partition coefficient (Wildman–Crippen LogP) is 1.89. The van der Waals surface area contributed by atoms with E-state index >= 15 is 0 Å². The normalized spacial score (nSPS) is 18.7. The maximum atomic E-state index is 12.3. The SMILES string of the molecule is C[C@H](C(=O)Nc1ccccn1)N(C)CC1(CO)CCCC1. The molecular weight excluding hydrogens is 266 g/mol. The van der Waals surface area contributed by atoms with E-state index in [2.05, 4.69) is 10.3 Å². The van der Waals surface area contributed by atoms with Gasteiger partial charge in [-0.1, -0.05) is 18.9 Å². The molecule has 1 fully saturated rings. The Bertz CT molecular complexity index is 458. The van der Waals surface area contributed by atoms with Gasteiger partial charge in [-0.05, 0) is 38.9 Å². The number of carbonyl (C=O) groups is 1. The molecule has 0 aliphatic heterocycles. The van der Waals surface area contributed by atoms with Gasteiger partial charge in [0.25, 0.3) is 0 Å². The molecule has 0 spiro atoms. The van der Waals surface area contributed by atoms with E-state index in [9.17, 15) is 9.90 Å². The van der Waals surface area contributed by atoms with Crippen LogP contribution in [-0.2, 0) is 4.79 Å². The van der Waals surface area contributed by atoms with Crippen molar-refractivity contribution in [3.63, 3.8) is 0 Å². The number of hydrogen-bond acceptors (Lipinski definition) is 4. The third kappa shape index (κ3) is 4.02. The summed E-state index contributed by atoms with van der Waals surface area (Å²) in [4.78, 5) is 18.4. The zero-order chi connectivity index (χ0) is 15.3. The largest absolute Gasteiger partial charge is 0.396 e. The molecule has 0 saturated heterocycles. The third-order valence-electron chi connectivity index (χ3n) is 4.54. The summed E-state index contributed by atoms with van der Waals surface area (Å²) in [6, 6.07) is 5.18. The number of rotatable bonds is 6. The van der Waals surface area contributed by atoms with Crippen LogP contribution in [0.4, 0.5) is 5.82 Å². The van der Waals surface area contributed by atoms with Crippen LogP contribution in [0.25, 0.3) is 0 Å². The molecule has 1 aliphatic rings. The van der Waals surface area contributed by atoms with Crippen LogP contribution in [0.2, 0.25) is 0 Å². The molecule has 1 aliphatic carbocycles. The van der Waals surface area contributed by atoms with E-state index in [0.717, 1.165) is 19.4 Å². The van der Waals surface area contributed by atoms with Gasteiger partial charge in [-0.25, -0.2) is 4.98 Å². The zero-order valence-electron chi connectivity index (χ0n) is 12.9. The van der Waals surface area contributed by atoms with Crippen molar-refractivity contribution >= 4 is 11.7 Å². The number of aliphatic hydroxyl groups excluding tert-OH is 1. The van der Waals surface area contributed by atoms with Crippen molar-refractivity contribution in [2.75, 3.05) is 25.5 Å². The number of likely N-dealkylation sites (N-methyl/N-ethyl adjacent to an activating group) is 1. The number of nitrogens with one attached hydrogen (secondary N) is 1. The van der Waals surface area contributed by atoms with Gasteiger partial charge in [-0.15, -0.1) is 0 Å². The number of amides is 1. The summed E-state index contributed by atoms with van der Waals surface area (Å²) in [5.74, 6) is 0.503. The molecule has 5 nitrogen and oxygen atoms in total. The number of nitrogens with zero attached hydrogens (tertiary/aromatic N) is 2. The van der Waals surface area contributed by atoms with E-state index in [0.29, 0.717) is 5.82 Å². The molecule has 1 aromatic rings. The topological polar surface area (TPSA) is 65.5 Å². The van der Waals surface area contributed by atoms with E-state index in [-0.39, 0.29) is 24.0 Å². The minimum atomic E-state index is -0.254. The number of aliphatic hydroxyl groups is 1. The third-order valence-corrected chi connectivity index (χ3v) is 4.54. The molecule has 0 aromatic carbocycles. The maximum absolute atomic E-state index is 12.3. The Morgan fingerprint density at radius 2 is 2.19 bits per heavy atom. The molecule has 1 amide bonds. The summed E-state index contributed by atoms with van der Waals surface area (Å²) in [5.41, 5.74) is -0.0334. The lowest BCUT2D eigenvalue weighted by atomic mass is 9.86. The summed E-state index contributed by atoms with van der Waals surface area (Å²) in [5, 5.41) is 12.5. The monoisotopic (exact) mass is 291 g/mol. The molecule has 2 N–H and O–H groups in total. The lowest BCUT2D eigenvalue weighted by Gasteiger charge is -2.34. The van der Waals surface area contributed by atoms with Gasteiger partial charge in [-0.3, -0.25) is 9.69 Å². The van der Waals surface area contributed by atoms with E-state index in [1.54, 1.807) is 12.3 Å². The maximum Gasteiger partial charge on any atom is 0.242 e. The second-order valence-corrected chi connectivity index (χ2v) is 6.16. The summed E-state index contributed by atoms with van der Waals surface area (Å²) < 4.78 is 0. The average molecular weight is 291 g/mol. The Hall–Kier alpha value is -1.46. The van der Waals surface area contributed by atoms with E-state index in [4.69, 9.17) is 0 Å². The molecule has 1 heterocycles. The Morgan fingerprint density at radius 3 is 2.76 bits per heavy atom. The molecule has 0 bridgehead atoms. The van der Waals surface area contributed by atoms with Gasteiger partial charge < -0.3 is 10.4 Å². The van der Waals surface area contributed by atoms with Crippen molar-refractivity contribution in [3.05, 3.63) is 24.4 Å². The Balaban J connectivity index is 1.92. The summed E-state index contributed by atoms with van der Waals surface area (Å²) in [6.07, 6.45) is 6.08. The number of hydrogen-bond donors (Lipinski definition) is 2. The fourth-order valence-corrected chi connectivity index (χ4v) is 3.02. The molecule has 0 unspecified atom stereocenters. The van der Waals surface area contributed by atoms with Crippen molar-refractivity contribution in [1.29, 1.82) is 0 Å². The van der Waals surface area contributed by atoms with Crippen molar-refractivity contribution in [2.24, 2.45) is 5.41 Å². The fraction of sp³-hybridized carbons (Fsp3) is 0.625. The zero-order valence-corrected chi connectivity index (χ0v) is 12.9. The van der Waals surface area contributed by atoms with Gasteiger partial charge in [0, 0.05) is 24.8 Å². The molecule has 1 atom stereocenters. The first-order valence-corrected chi connectivity index (χ1v) is 7.59. The molecule has 0 radical (unpaired) electrons. The van der Waals surface area contributed by atoms with Crippen molar-refractivity contribution in [1.82, 2.24) is 9.88 Å². The molecule has 21 heavy (non-hydrogen) atoms. The minimum Gasteiger partial charge on any atom is -0.396 e. The van der Waals surface area contributed by atoms with Crippen LogP contribution in [-0.4, -0.2) is 47.1 Å². The summed E-state index contributed by atoms with van der Waals surface area (Å²) >= 11 is 0. The molecule has 1 saturated carbocycles. The Morgan fingerprint density at radius 1 is 1.48 bits per heavy atom. The van der Waals surface area contributed by atoms with E-state index in [1.807, 2.05) is 31.0 Å². The Labute approximate surface area is 126 Å². The van der Waals surface area contributed by atoms with Crippen LogP contribution in [0, 0.1) is 5.41 Å². The highest BCUT2D eigenvalue weighted by Crippen LogP contribution is 2.38. The molecule has 5 heteroatoms. The van der Waals surface area contributed by atoms with Crippen molar-refractivity contribution in [2.45, 2.75) is 38.6 Å². The molecule has 116 valence electrons. The average Bonchev–Trinajstić information content (AvgIpc) is 2.96. The lowest BCUT2D eigenvalue weighted by molar-refractivity contribution is -0.121. The van der Waals surface area contributed by atoms with Crippen LogP contribution in [0.1, 0.15) is 32.6 Å². The first-order chi connectivity index (χ1) is 10.1. The van der Waals surface area contributed by atoms with Gasteiger partial charge in [0.15, 0.2) is 0 Å². The second kappa shape index (κ2) is 7.00. The first kappa shape index (κ1) is 15.9. The minimum absolute atomic E-state index is 0.0334. The Kier molecular flexibility index (Phi) is 5.31. The van der Waals surface area contributed by atoms with Gasteiger partial charge in [-0.2, -0.15) is 0 Å². The van der Waals surface area contributed by atoms with Crippen molar-refractivity contribution < 1.29 is 9.90 Å². The van der Waals surface area contributed by atoms with Crippen LogP contribution in [0.15, 0.2) is 24.4 Å². The molecule has 2 rings (SSSR count). The van der Waals surface area contributed by atoms with Crippen LogP contribution < -0.4 is 5.32 Å². The van der Waals surface area contributed by atoms with Crippen LogP contribution in [0.5, 0.6) is 0 Å². The van der Waals surface area contributed by atoms with Gasteiger partial charge in [0.05, 0.1) is 6.04 Å². The summed E-state index contributed by atoms with van der Waals surface area (Å²) in [7, 11) is 1.94. The van der Waals surface area contributed by atoms with Gasteiger partial charge in [0.1, 0.15) is 5.82 Å². The van der Waals surface area contributed by atoms with E-state index in [1.165, 1.54) is 12.8 Å². The van der Waals surface area contributed by atoms with Crippen LogP contribution >= 0.6 is 0 Å². The lowest BCUT2D eigenvalue weighted by Crippen LogP contribution is -2.45. The van der Waals surface area contributed by atoms with Crippen molar-refractivity contribution in [3.8, 4) is 0 Å². The number of aromatic nitrogens is 1. The predicted molar refractivity (Wildman–Crippen MR) is 82.9 cm³/mol. The standard InChI is InChI=1S/C16H25N3O2/c1-13(15(21)18-14-7-3-6-10-17-14)19(2)11-16(12-20)8-4-5-9-16/h3,6-7,10,13,20H,4-5,8-9,11-12H2,1-2H3,(H,17,18,21)/t13-/m1/s1. The fourth-order valence-electron chi connectivity index (χ4n) is 3.02. The number of pyridine rings is 1. The first-order valence-electron chi connectivity index (χ1n) is 7.59. The number of carbonyl (C=O) groups excluding carboxylic acids is 1. The van der Waals surface area contributed by atoms with Gasteiger partial charge >= 0.3 is 0 Å². The van der Waals surface area contributed by atoms with Gasteiger partial charge in [0.2, 0.25) is 5.91 Å². The molecule has 1 aromatic heterocycles. The smallest absolute Gasteiger partial charge is 0.242 e. The highest BCUT2D eigenvalue weighted by molar-refractivity contribution is 5.93.